The summed E-state index contributed by atoms with van der Waals surface area (Å²) in [7, 11) is 0. The Hall–Kier alpha value is -2.86. The van der Waals surface area contributed by atoms with Crippen LogP contribution in [0.3, 0.4) is 0 Å². The van der Waals surface area contributed by atoms with Gasteiger partial charge in [0.2, 0.25) is 0 Å². The summed E-state index contributed by atoms with van der Waals surface area (Å²) in [6.45, 7) is 8.78. The first-order valence-corrected chi connectivity index (χ1v) is 9.77. The molecule has 0 aromatic heterocycles. The molecule has 134 valence electrons. The van der Waals surface area contributed by atoms with Crippen molar-refractivity contribution in [1.82, 2.24) is 0 Å². The number of allylic oxidation sites excluding steroid dienone is 8. The zero-order valence-electron chi connectivity index (χ0n) is 15.8. The molecule has 0 aliphatic heterocycles. The molecule has 4 rings (SSSR count). The predicted molar refractivity (Wildman–Crippen MR) is 116 cm³/mol. The Labute approximate surface area is 163 Å². The standard InChI is InChI=1S/C27H26/c1-20-17-26(21(2)27(20)16-14-22-9-5-3-6-10-22)19-23-13-15-25(18-23)24-11-7-4-8-12-24/h3-13,15,19,27H,1-2,14,16-18H2. The van der Waals surface area contributed by atoms with Gasteiger partial charge in [0.25, 0.3) is 0 Å². The van der Waals surface area contributed by atoms with Crippen LogP contribution >= 0.6 is 0 Å². The van der Waals surface area contributed by atoms with Gasteiger partial charge in [0, 0.05) is 5.92 Å². The third-order valence-electron chi connectivity index (χ3n) is 5.71. The van der Waals surface area contributed by atoms with E-state index in [2.05, 4.69) is 92.0 Å². The first-order valence-electron chi connectivity index (χ1n) is 9.77. The van der Waals surface area contributed by atoms with Crippen LogP contribution in [0.1, 0.15) is 30.4 Å². The molecule has 0 nitrogen and oxygen atoms in total. The Kier molecular flexibility index (Phi) is 5.07. The Morgan fingerprint density at radius 3 is 2.30 bits per heavy atom. The summed E-state index contributed by atoms with van der Waals surface area (Å²) in [6.07, 6.45) is 11.0. The molecule has 27 heavy (non-hydrogen) atoms. The number of hydrogen-bond donors (Lipinski definition) is 0. The van der Waals surface area contributed by atoms with Crippen molar-refractivity contribution in [3.63, 3.8) is 0 Å². The van der Waals surface area contributed by atoms with Gasteiger partial charge in [-0.05, 0) is 59.1 Å². The van der Waals surface area contributed by atoms with Crippen LogP contribution < -0.4 is 0 Å². The van der Waals surface area contributed by atoms with Crippen molar-refractivity contribution in [3.05, 3.63) is 125 Å². The van der Waals surface area contributed by atoms with Crippen molar-refractivity contribution in [3.8, 4) is 0 Å². The SMILES string of the molecule is C=C1CC(=CC2=CC=C(c3ccccc3)C2)C(=C)C1CCc1ccccc1. The molecule has 2 aromatic rings. The summed E-state index contributed by atoms with van der Waals surface area (Å²) in [5.74, 6) is 0.417. The Morgan fingerprint density at radius 1 is 0.852 bits per heavy atom. The van der Waals surface area contributed by atoms with E-state index in [4.69, 9.17) is 0 Å². The van der Waals surface area contributed by atoms with Gasteiger partial charge in [-0.2, -0.15) is 0 Å². The van der Waals surface area contributed by atoms with Gasteiger partial charge in [-0.1, -0.05) is 97.6 Å². The molecule has 2 aliphatic carbocycles. The molecule has 0 radical (unpaired) electrons. The minimum absolute atomic E-state index is 0.417. The smallest absolute Gasteiger partial charge is 0.00489 e. The third kappa shape index (κ3) is 3.95. The predicted octanol–water partition coefficient (Wildman–Crippen LogP) is 7.09. The Balaban J connectivity index is 1.40. The van der Waals surface area contributed by atoms with E-state index in [0.29, 0.717) is 5.92 Å². The fourth-order valence-electron chi connectivity index (χ4n) is 4.15. The van der Waals surface area contributed by atoms with Crippen LogP contribution in [-0.2, 0) is 6.42 Å². The second kappa shape index (κ2) is 7.80. The molecule has 1 atom stereocenters. The maximum absolute atomic E-state index is 4.43. The van der Waals surface area contributed by atoms with E-state index in [1.807, 2.05) is 0 Å². The van der Waals surface area contributed by atoms with Crippen molar-refractivity contribution in [2.75, 3.05) is 0 Å². The molecule has 2 aliphatic rings. The van der Waals surface area contributed by atoms with E-state index < -0.39 is 0 Å². The fraction of sp³-hybridized carbons (Fsp3) is 0.185. The minimum atomic E-state index is 0.417. The summed E-state index contributed by atoms with van der Waals surface area (Å²) in [5, 5.41) is 0. The average Bonchev–Trinajstić information content (AvgIpc) is 3.27. The number of rotatable bonds is 5. The lowest BCUT2D eigenvalue weighted by Crippen LogP contribution is -2.01. The van der Waals surface area contributed by atoms with Gasteiger partial charge in [0.15, 0.2) is 0 Å². The Morgan fingerprint density at radius 2 is 1.56 bits per heavy atom. The van der Waals surface area contributed by atoms with Crippen molar-refractivity contribution in [2.24, 2.45) is 5.92 Å². The molecule has 1 fully saturated rings. The summed E-state index contributed by atoms with van der Waals surface area (Å²) in [4.78, 5) is 0. The highest BCUT2D eigenvalue weighted by molar-refractivity contribution is 5.73. The normalized spacial score (nSPS) is 20.9. The van der Waals surface area contributed by atoms with Gasteiger partial charge in [-0.3, -0.25) is 0 Å². The largest absolute Gasteiger partial charge is 0.0989 e. The maximum Gasteiger partial charge on any atom is 0.00489 e. The van der Waals surface area contributed by atoms with Gasteiger partial charge in [-0.25, -0.2) is 0 Å². The number of aryl methyl sites for hydroxylation is 1. The van der Waals surface area contributed by atoms with E-state index in [1.54, 1.807) is 0 Å². The lowest BCUT2D eigenvalue weighted by atomic mass is 9.92. The average molecular weight is 351 g/mol. The minimum Gasteiger partial charge on any atom is -0.0989 e. The van der Waals surface area contributed by atoms with Crippen LogP contribution in [0, 0.1) is 5.92 Å². The zero-order valence-corrected chi connectivity index (χ0v) is 15.8. The maximum atomic E-state index is 4.43. The highest BCUT2D eigenvalue weighted by atomic mass is 14.3. The molecule has 1 unspecified atom stereocenters. The second-order valence-corrected chi connectivity index (χ2v) is 7.58. The lowest BCUT2D eigenvalue weighted by molar-refractivity contribution is 0.673. The van der Waals surface area contributed by atoms with Gasteiger partial charge >= 0.3 is 0 Å². The van der Waals surface area contributed by atoms with E-state index in [9.17, 15) is 0 Å². The van der Waals surface area contributed by atoms with Crippen molar-refractivity contribution in [1.29, 1.82) is 0 Å². The molecule has 0 saturated heterocycles. The summed E-state index contributed by atoms with van der Waals surface area (Å²) in [5.41, 5.74) is 9.43. The molecule has 0 heteroatoms. The third-order valence-corrected chi connectivity index (χ3v) is 5.71. The molecule has 2 aromatic carbocycles. The molecular weight excluding hydrogens is 324 g/mol. The van der Waals surface area contributed by atoms with E-state index in [1.165, 1.54) is 39.0 Å². The molecule has 0 amide bonds. The topological polar surface area (TPSA) is 0 Å². The first-order chi connectivity index (χ1) is 13.2. The zero-order chi connectivity index (χ0) is 18.6. The molecule has 1 saturated carbocycles. The number of benzene rings is 2. The molecular formula is C27H26. The summed E-state index contributed by atoms with van der Waals surface area (Å²) in [6, 6.07) is 21.4. The van der Waals surface area contributed by atoms with Gasteiger partial charge < -0.3 is 0 Å². The van der Waals surface area contributed by atoms with Gasteiger partial charge in [0.05, 0.1) is 0 Å². The van der Waals surface area contributed by atoms with E-state index >= 15 is 0 Å². The van der Waals surface area contributed by atoms with Gasteiger partial charge in [0.1, 0.15) is 0 Å². The van der Waals surface area contributed by atoms with Crippen LogP contribution in [-0.4, -0.2) is 0 Å². The van der Waals surface area contributed by atoms with Crippen molar-refractivity contribution < 1.29 is 0 Å². The van der Waals surface area contributed by atoms with Crippen LogP contribution in [0.15, 0.2) is 114 Å². The van der Waals surface area contributed by atoms with E-state index in [0.717, 1.165) is 25.7 Å². The summed E-state index contributed by atoms with van der Waals surface area (Å²) < 4.78 is 0. The quantitative estimate of drug-likeness (QED) is 0.505. The molecule has 0 N–H and O–H groups in total. The van der Waals surface area contributed by atoms with Crippen LogP contribution in [0.2, 0.25) is 0 Å². The molecule has 0 bridgehead atoms. The van der Waals surface area contributed by atoms with Gasteiger partial charge in [-0.15, -0.1) is 0 Å². The molecule has 0 spiro atoms. The fourth-order valence-corrected chi connectivity index (χ4v) is 4.15. The highest BCUT2D eigenvalue weighted by Gasteiger charge is 2.27. The first kappa shape index (κ1) is 17.5. The Bertz CT molecular complexity index is 936. The number of hydrogen-bond acceptors (Lipinski definition) is 0. The van der Waals surface area contributed by atoms with Crippen LogP contribution in [0.25, 0.3) is 5.57 Å². The highest BCUT2D eigenvalue weighted by Crippen LogP contribution is 2.42. The van der Waals surface area contributed by atoms with Crippen molar-refractivity contribution in [2.45, 2.75) is 25.7 Å². The van der Waals surface area contributed by atoms with Crippen LogP contribution in [0.5, 0.6) is 0 Å². The van der Waals surface area contributed by atoms with Crippen molar-refractivity contribution >= 4 is 5.57 Å². The summed E-state index contributed by atoms with van der Waals surface area (Å²) >= 11 is 0. The van der Waals surface area contributed by atoms with E-state index in [-0.39, 0.29) is 0 Å². The van der Waals surface area contributed by atoms with Crippen LogP contribution in [0.4, 0.5) is 0 Å². The monoisotopic (exact) mass is 350 g/mol. The molecule has 0 heterocycles. The lowest BCUT2D eigenvalue weighted by Gasteiger charge is -2.12. The second-order valence-electron chi connectivity index (χ2n) is 7.58.